The van der Waals surface area contributed by atoms with Crippen LogP contribution >= 0.6 is 11.3 Å². The summed E-state index contributed by atoms with van der Waals surface area (Å²) in [6.07, 6.45) is 0.0789. The second kappa shape index (κ2) is 7.48. The monoisotopic (exact) mass is 316 g/mol. The number of carbonyl (C=O) groups excluding carboxylic acids is 1. The standard InChI is InChI=1S/C16H16N2O3S/c1-20-14-4-3-5-15(21-2)12(14)8-16(19)18-13(9-17)11-6-7-22-10-11/h3-7,10,13H,8H2,1-2H3,(H,18,19)/t13-/m1/s1. The van der Waals surface area contributed by atoms with Gasteiger partial charge >= 0.3 is 0 Å². The fourth-order valence-electron chi connectivity index (χ4n) is 2.10. The zero-order valence-electron chi connectivity index (χ0n) is 12.3. The minimum absolute atomic E-state index is 0.0789. The molecule has 0 saturated carbocycles. The first-order valence-electron chi connectivity index (χ1n) is 6.60. The van der Waals surface area contributed by atoms with Gasteiger partial charge in [0.25, 0.3) is 0 Å². The molecule has 5 nitrogen and oxygen atoms in total. The van der Waals surface area contributed by atoms with E-state index < -0.39 is 6.04 Å². The number of amides is 1. The minimum Gasteiger partial charge on any atom is -0.496 e. The Hall–Kier alpha value is -2.52. The van der Waals surface area contributed by atoms with Crippen LogP contribution in [0.2, 0.25) is 0 Å². The maximum atomic E-state index is 12.2. The molecule has 0 aliphatic rings. The number of rotatable bonds is 6. The van der Waals surface area contributed by atoms with Crippen LogP contribution in [-0.2, 0) is 11.2 Å². The predicted molar refractivity (Wildman–Crippen MR) is 84.1 cm³/mol. The summed E-state index contributed by atoms with van der Waals surface area (Å²) in [5, 5.41) is 15.6. The summed E-state index contributed by atoms with van der Waals surface area (Å²) in [5.74, 6) is 0.901. The number of nitriles is 1. The van der Waals surface area contributed by atoms with Gasteiger partial charge in [-0.2, -0.15) is 16.6 Å². The van der Waals surface area contributed by atoms with Crippen LogP contribution in [0.15, 0.2) is 35.0 Å². The molecule has 0 aliphatic carbocycles. The molecule has 0 saturated heterocycles. The zero-order valence-corrected chi connectivity index (χ0v) is 13.1. The molecule has 0 fully saturated rings. The molecule has 6 heteroatoms. The number of hydrogen-bond acceptors (Lipinski definition) is 5. The Labute approximate surface area is 133 Å². The zero-order chi connectivity index (χ0) is 15.9. The molecular formula is C16H16N2O3S. The molecule has 114 valence electrons. The van der Waals surface area contributed by atoms with Crippen LogP contribution < -0.4 is 14.8 Å². The highest BCUT2D eigenvalue weighted by atomic mass is 32.1. The third-order valence-corrected chi connectivity index (χ3v) is 3.88. The van der Waals surface area contributed by atoms with Crippen LogP contribution in [0.1, 0.15) is 17.2 Å². The predicted octanol–water partition coefficient (Wildman–Crippen LogP) is 2.69. The summed E-state index contributed by atoms with van der Waals surface area (Å²) in [5.41, 5.74) is 1.44. The molecule has 0 aliphatic heterocycles. The van der Waals surface area contributed by atoms with E-state index in [-0.39, 0.29) is 12.3 Å². The van der Waals surface area contributed by atoms with E-state index in [2.05, 4.69) is 11.4 Å². The number of hydrogen-bond donors (Lipinski definition) is 1. The first-order chi connectivity index (χ1) is 10.7. The number of ether oxygens (including phenoxy) is 2. The Kier molecular flexibility index (Phi) is 5.39. The van der Waals surface area contributed by atoms with Crippen molar-refractivity contribution in [3.8, 4) is 17.6 Å². The lowest BCUT2D eigenvalue weighted by Crippen LogP contribution is -2.29. The van der Waals surface area contributed by atoms with Gasteiger partial charge in [-0.15, -0.1) is 0 Å². The lowest BCUT2D eigenvalue weighted by atomic mass is 10.1. The van der Waals surface area contributed by atoms with Crippen LogP contribution in [0.25, 0.3) is 0 Å². The summed E-state index contributed by atoms with van der Waals surface area (Å²) in [6, 6.07) is 8.59. The van der Waals surface area contributed by atoms with Crippen molar-refractivity contribution >= 4 is 17.2 Å². The van der Waals surface area contributed by atoms with Crippen LogP contribution in [-0.4, -0.2) is 20.1 Å². The summed E-state index contributed by atoms with van der Waals surface area (Å²) < 4.78 is 10.5. The molecule has 1 aromatic heterocycles. The van der Waals surface area contributed by atoms with Crippen molar-refractivity contribution in [3.63, 3.8) is 0 Å². The van der Waals surface area contributed by atoms with Crippen molar-refractivity contribution in [2.24, 2.45) is 0 Å². The molecule has 2 rings (SSSR count). The number of methoxy groups -OCH3 is 2. The van der Waals surface area contributed by atoms with Gasteiger partial charge in [-0.25, -0.2) is 0 Å². The van der Waals surface area contributed by atoms with E-state index in [1.165, 1.54) is 11.3 Å². The highest BCUT2D eigenvalue weighted by molar-refractivity contribution is 7.08. The summed E-state index contributed by atoms with van der Waals surface area (Å²) in [4.78, 5) is 12.2. The van der Waals surface area contributed by atoms with Gasteiger partial charge in [0.05, 0.1) is 26.7 Å². The highest BCUT2D eigenvalue weighted by Crippen LogP contribution is 2.28. The summed E-state index contributed by atoms with van der Waals surface area (Å²) in [7, 11) is 3.08. The SMILES string of the molecule is COc1cccc(OC)c1CC(=O)N[C@H](C#N)c1ccsc1. The Morgan fingerprint density at radius 3 is 2.50 bits per heavy atom. The fourth-order valence-corrected chi connectivity index (χ4v) is 2.79. The maximum absolute atomic E-state index is 12.2. The first-order valence-corrected chi connectivity index (χ1v) is 7.54. The second-order valence-corrected chi connectivity index (χ2v) is 5.28. The highest BCUT2D eigenvalue weighted by Gasteiger charge is 2.18. The molecule has 0 unspecified atom stereocenters. The van der Waals surface area contributed by atoms with Gasteiger partial charge in [0.2, 0.25) is 5.91 Å². The lowest BCUT2D eigenvalue weighted by molar-refractivity contribution is -0.120. The van der Waals surface area contributed by atoms with Crippen molar-refractivity contribution < 1.29 is 14.3 Å². The first kappa shape index (κ1) is 15.9. The quantitative estimate of drug-likeness (QED) is 0.889. The number of thiophene rings is 1. The van der Waals surface area contributed by atoms with Gasteiger partial charge in [-0.3, -0.25) is 4.79 Å². The molecular weight excluding hydrogens is 300 g/mol. The average Bonchev–Trinajstić information content (AvgIpc) is 3.07. The van der Waals surface area contributed by atoms with Gasteiger partial charge in [0.15, 0.2) is 0 Å². The van der Waals surface area contributed by atoms with Gasteiger partial charge in [0, 0.05) is 5.56 Å². The number of nitrogens with one attached hydrogen (secondary N) is 1. The molecule has 0 spiro atoms. The average molecular weight is 316 g/mol. The smallest absolute Gasteiger partial charge is 0.225 e. The number of benzene rings is 1. The van der Waals surface area contributed by atoms with Gasteiger partial charge in [-0.05, 0) is 34.5 Å². The summed E-state index contributed by atoms with van der Waals surface area (Å²) >= 11 is 1.48. The van der Waals surface area contributed by atoms with E-state index in [4.69, 9.17) is 9.47 Å². The maximum Gasteiger partial charge on any atom is 0.225 e. The summed E-state index contributed by atoms with van der Waals surface area (Å²) in [6.45, 7) is 0. The lowest BCUT2D eigenvalue weighted by Gasteiger charge is -2.14. The Morgan fingerprint density at radius 2 is 2.00 bits per heavy atom. The van der Waals surface area contributed by atoms with Crippen molar-refractivity contribution in [2.45, 2.75) is 12.5 Å². The van der Waals surface area contributed by atoms with E-state index in [9.17, 15) is 10.1 Å². The van der Waals surface area contributed by atoms with E-state index in [0.717, 1.165) is 5.56 Å². The Bertz CT molecular complexity index is 655. The van der Waals surface area contributed by atoms with Gasteiger partial charge in [0.1, 0.15) is 17.5 Å². The van der Waals surface area contributed by atoms with Gasteiger partial charge < -0.3 is 14.8 Å². The number of nitrogens with zero attached hydrogens (tertiary/aromatic N) is 1. The molecule has 22 heavy (non-hydrogen) atoms. The van der Waals surface area contributed by atoms with Crippen LogP contribution in [0.5, 0.6) is 11.5 Å². The molecule has 1 aromatic carbocycles. The van der Waals surface area contributed by atoms with Crippen molar-refractivity contribution in [3.05, 3.63) is 46.2 Å². The largest absolute Gasteiger partial charge is 0.496 e. The van der Waals surface area contributed by atoms with E-state index in [1.54, 1.807) is 32.4 Å². The normalized spacial score (nSPS) is 11.3. The van der Waals surface area contributed by atoms with E-state index in [0.29, 0.717) is 17.1 Å². The van der Waals surface area contributed by atoms with E-state index in [1.807, 2.05) is 16.8 Å². The van der Waals surface area contributed by atoms with E-state index >= 15 is 0 Å². The third kappa shape index (κ3) is 3.57. The Balaban J connectivity index is 2.14. The molecule has 0 radical (unpaired) electrons. The molecule has 1 atom stereocenters. The molecule has 0 bridgehead atoms. The number of carbonyl (C=O) groups is 1. The van der Waals surface area contributed by atoms with Crippen molar-refractivity contribution in [1.82, 2.24) is 5.32 Å². The fraction of sp³-hybridized carbons (Fsp3) is 0.250. The molecule has 1 heterocycles. The van der Waals surface area contributed by atoms with Crippen LogP contribution in [0, 0.1) is 11.3 Å². The van der Waals surface area contributed by atoms with Gasteiger partial charge in [-0.1, -0.05) is 6.07 Å². The molecule has 1 amide bonds. The van der Waals surface area contributed by atoms with Crippen molar-refractivity contribution in [1.29, 1.82) is 5.26 Å². The van der Waals surface area contributed by atoms with Crippen molar-refractivity contribution in [2.75, 3.05) is 14.2 Å². The molecule has 2 aromatic rings. The topological polar surface area (TPSA) is 71.3 Å². The third-order valence-electron chi connectivity index (χ3n) is 3.18. The van der Waals surface area contributed by atoms with Crippen LogP contribution in [0.4, 0.5) is 0 Å². The Morgan fingerprint density at radius 1 is 1.32 bits per heavy atom. The minimum atomic E-state index is -0.653. The van der Waals surface area contributed by atoms with Crippen LogP contribution in [0.3, 0.4) is 0 Å². The second-order valence-electron chi connectivity index (χ2n) is 4.50. The molecule has 1 N–H and O–H groups in total.